The lowest BCUT2D eigenvalue weighted by atomic mass is 10.2. The summed E-state index contributed by atoms with van der Waals surface area (Å²) in [7, 11) is 0. The van der Waals surface area contributed by atoms with Crippen molar-refractivity contribution in [3.63, 3.8) is 0 Å². The first kappa shape index (κ1) is 12.0. The van der Waals surface area contributed by atoms with Gasteiger partial charge in [-0.05, 0) is 11.6 Å². The number of hydrogen-bond acceptors (Lipinski definition) is 4. The Labute approximate surface area is 105 Å². The van der Waals surface area contributed by atoms with Gasteiger partial charge in [0.1, 0.15) is 11.8 Å². The van der Waals surface area contributed by atoms with Crippen LogP contribution in [0.1, 0.15) is 5.56 Å². The summed E-state index contributed by atoms with van der Waals surface area (Å²) in [5.74, 6) is 0.793. The predicted molar refractivity (Wildman–Crippen MR) is 67.5 cm³/mol. The number of rotatable bonds is 3. The fourth-order valence-corrected chi connectivity index (χ4v) is 1.73. The maximum atomic E-state index is 5.74. The van der Waals surface area contributed by atoms with Crippen LogP contribution in [-0.2, 0) is 11.3 Å². The molecule has 17 heavy (non-hydrogen) atoms. The molecule has 1 aromatic heterocycles. The van der Waals surface area contributed by atoms with Crippen molar-refractivity contribution in [3.05, 3.63) is 29.0 Å². The normalized spacial score (nSPS) is 18.4. The molecule has 0 unspecified atom stereocenters. The van der Waals surface area contributed by atoms with Gasteiger partial charge in [0.25, 0.3) is 0 Å². The minimum absolute atomic E-state index is 0.472. The van der Waals surface area contributed by atoms with Crippen molar-refractivity contribution in [1.82, 2.24) is 9.88 Å². The third-order valence-electron chi connectivity index (χ3n) is 2.45. The molecule has 1 aliphatic heterocycles. The smallest absolute Gasteiger partial charge is 0.154 e. The number of pyridine rings is 1. The van der Waals surface area contributed by atoms with Gasteiger partial charge in [0, 0.05) is 26.0 Å². The van der Waals surface area contributed by atoms with Gasteiger partial charge in [0.2, 0.25) is 0 Å². The van der Waals surface area contributed by atoms with Crippen LogP contribution >= 0.6 is 11.6 Å². The average Bonchev–Trinajstić information content (AvgIpc) is 2.35. The Kier molecular flexibility index (Phi) is 4.06. The second kappa shape index (κ2) is 5.75. The maximum absolute atomic E-state index is 5.74. The first-order chi connectivity index (χ1) is 8.29. The van der Waals surface area contributed by atoms with Gasteiger partial charge >= 0.3 is 0 Å². The molecule has 1 fully saturated rings. The number of hydrogen-bond donors (Lipinski definition) is 0. The first-order valence-corrected chi connectivity index (χ1v) is 5.63. The van der Waals surface area contributed by atoms with Gasteiger partial charge < -0.3 is 9.64 Å². The van der Waals surface area contributed by atoms with Gasteiger partial charge in [-0.15, -0.1) is 5.10 Å². The summed E-state index contributed by atoms with van der Waals surface area (Å²) in [6.45, 7) is 6.04. The van der Waals surface area contributed by atoms with E-state index in [1.54, 1.807) is 12.3 Å². The van der Waals surface area contributed by atoms with E-state index >= 15 is 0 Å². The molecule has 0 radical (unpaired) electrons. The molecule has 2 rings (SSSR count). The second-order valence-electron chi connectivity index (χ2n) is 3.62. The van der Waals surface area contributed by atoms with Gasteiger partial charge in [-0.1, -0.05) is 17.7 Å². The van der Waals surface area contributed by atoms with E-state index in [0.29, 0.717) is 18.4 Å². The molecule has 1 aromatic rings. The van der Waals surface area contributed by atoms with Gasteiger partial charge in [0.05, 0.1) is 6.61 Å². The zero-order chi connectivity index (χ0) is 12.1. The lowest BCUT2D eigenvalue weighted by Gasteiger charge is -2.29. The van der Waals surface area contributed by atoms with Crippen molar-refractivity contribution in [2.24, 2.45) is 10.2 Å². The maximum Gasteiger partial charge on any atom is 0.154 e. The third-order valence-corrected chi connectivity index (χ3v) is 2.67. The first-order valence-electron chi connectivity index (χ1n) is 5.25. The Hall–Kier alpha value is -1.46. The molecule has 0 aliphatic carbocycles. The Morgan fingerprint density at radius 3 is 3.12 bits per heavy atom. The summed E-state index contributed by atoms with van der Waals surface area (Å²) in [6, 6.07) is 3.73. The van der Waals surface area contributed by atoms with E-state index in [-0.39, 0.29) is 0 Å². The molecule has 0 aromatic carbocycles. The van der Waals surface area contributed by atoms with E-state index in [2.05, 4.69) is 26.8 Å². The molecule has 1 aliphatic rings. The molecular weight excluding hydrogens is 240 g/mol. The predicted octanol–water partition coefficient (Wildman–Crippen LogP) is 1.58. The summed E-state index contributed by atoms with van der Waals surface area (Å²) < 4.78 is 5.32. The highest BCUT2D eigenvalue weighted by molar-refractivity contribution is 6.29. The van der Waals surface area contributed by atoms with Crippen LogP contribution in [0.3, 0.4) is 0 Å². The number of morpholine rings is 1. The number of halogens is 1. The number of ether oxygens (including phenoxy) is 1. The molecule has 0 N–H and O–H groups in total. The summed E-state index contributed by atoms with van der Waals surface area (Å²) in [5, 5.41) is 8.01. The Morgan fingerprint density at radius 1 is 1.53 bits per heavy atom. The molecular formula is C11H13ClN4O. The van der Waals surface area contributed by atoms with Crippen LogP contribution in [0, 0.1) is 0 Å². The molecule has 90 valence electrons. The van der Waals surface area contributed by atoms with Crippen LogP contribution < -0.4 is 0 Å². The van der Waals surface area contributed by atoms with Crippen molar-refractivity contribution in [1.29, 1.82) is 0 Å². The Bertz CT molecular complexity index is 418. The lowest BCUT2D eigenvalue weighted by Crippen LogP contribution is -2.41. The molecule has 6 heteroatoms. The van der Waals surface area contributed by atoms with Crippen molar-refractivity contribution in [3.8, 4) is 0 Å². The molecule has 0 saturated carbocycles. The second-order valence-corrected chi connectivity index (χ2v) is 4.01. The summed E-state index contributed by atoms with van der Waals surface area (Å²) in [5.41, 5.74) is 1.08. The van der Waals surface area contributed by atoms with Crippen LogP contribution in [0.4, 0.5) is 0 Å². The standard InChI is InChI=1S/C11H13ClN4O/c1-13-15-11-8-17-5-4-16(11)7-9-2-3-10(12)14-6-9/h2-3,6H,1,4-5,7-8H2. The zero-order valence-corrected chi connectivity index (χ0v) is 10.1. The largest absolute Gasteiger partial charge is 0.372 e. The molecule has 0 bridgehead atoms. The van der Waals surface area contributed by atoms with Crippen molar-refractivity contribution in [2.75, 3.05) is 19.8 Å². The molecule has 1 saturated heterocycles. The average molecular weight is 253 g/mol. The van der Waals surface area contributed by atoms with E-state index in [4.69, 9.17) is 16.3 Å². The topological polar surface area (TPSA) is 50.1 Å². The van der Waals surface area contributed by atoms with E-state index in [9.17, 15) is 0 Å². The molecule has 0 amide bonds. The van der Waals surface area contributed by atoms with E-state index in [1.807, 2.05) is 6.07 Å². The SMILES string of the molecule is C=NN=C1COCCN1Cc1ccc(Cl)nc1. The van der Waals surface area contributed by atoms with Gasteiger partial charge in [-0.25, -0.2) is 4.98 Å². The Morgan fingerprint density at radius 2 is 2.41 bits per heavy atom. The van der Waals surface area contributed by atoms with E-state index in [0.717, 1.165) is 24.5 Å². The highest BCUT2D eigenvalue weighted by Crippen LogP contribution is 2.10. The van der Waals surface area contributed by atoms with Gasteiger partial charge in [0.15, 0.2) is 5.84 Å². The van der Waals surface area contributed by atoms with E-state index in [1.165, 1.54) is 0 Å². The highest BCUT2D eigenvalue weighted by atomic mass is 35.5. The monoisotopic (exact) mass is 252 g/mol. The van der Waals surface area contributed by atoms with E-state index < -0.39 is 0 Å². The van der Waals surface area contributed by atoms with Crippen LogP contribution in [0.15, 0.2) is 28.5 Å². The quantitative estimate of drug-likeness (QED) is 0.466. The minimum Gasteiger partial charge on any atom is -0.372 e. The Balaban J connectivity index is 2.08. The van der Waals surface area contributed by atoms with Crippen molar-refractivity contribution < 1.29 is 4.74 Å². The van der Waals surface area contributed by atoms with Crippen LogP contribution in [-0.4, -0.2) is 42.2 Å². The lowest BCUT2D eigenvalue weighted by molar-refractivity contribution is 0.113. The fourth-order valence-electron chi connectivity index (χ4n) is 1.62. The van der Waals surface area contributed by atoms with Crippen molar-refractivity contribution >= 4 is 24.2 Å². The number of aromatic nitrogens is 1. The minimum atomic E-state index is 0.472. The van der Waals surface area contributed by atoms with Crippen LogP contribution in [0.2, 0.25) is 5.15 Å². The number of nitrogens with zero attached hydrogens (tertiary/aromatic N) is 4. The third kappa shape index (κ3) is 3.25. The fraction of sp³-hybridized carbons (Fsp3) is 0.364. The highest BCUT2D eigenvalue weighted by Gasteiger charge is 2.17. The van der Waals surface area contributed by atoms with Gasteiger partial charge in [-0.2, -0.15) is 5.10 Å². The van der Waals surface area contributed by atoms with Crippen LogP contribution in [0.5, 0.6) is 0 Å². The summed E-state index contributed by atoms with van der Waals surface area (Å²) in [4.78, 5) is 6.15. The molecule has 0 spiro atoms. The van der Waals surface area contributed by atoms with Crippen molar-refractivity contribution in [2.45, 2.75) is 6.54 Å². The molecule has 0 atom stereocenters. The zero-order valence-electron chi connectivity index (χ0n) is 9.34. The summed E-state index contributed by atoms with van der Waals surface area (Å²) in [6.07, 6.45) is 1.76. The summed E-state index contributed by atoms with van der Waals surface area (Å²) >= 11 is 5.74. The van der Waals surface area contributed by atoms with Gasteiger partial charge in [-0.3, -0.25) is 0 Å². The molecule has 2 heterocycles. The number of amidine groups is 1. The molecule has 5 nitrogen and oxygen atoms in total. The van der Waals surface area contributed by atoms with Crippen LogP contribution in [0.25, 0.3) is 0 Å².